The average Bonchev–Trinajstić information content (AvgIpc) is 2.74. The van der Waals surface area contributed by atoms with Crippen LogP contribution in [0.5, 0.6) is 0 Å². The van der Waals surface area contributed by atoms with E-state index in [2.05, 4.69) is 103 Å². The van der Waals surface area contributed by atoms with Crippen LogP contribution in [0.2, 0.25) is 46.3 Å². The Bertz CT molecular complexity index is 962. The van der Waals surface area contributed by atoms with Crippen LogP contribution in [0.4, 0.5) is 5.69 Å². The standard InChI is InChI=1S/C14H22ClIOSi.C14H24ClNOSi/c2*1-10-11(7-8-12(15)13(10)16)9-17-18(5,6)14(2,3)4/h7-8H,9H2,1-6H3;7-8H,9,16H2,1-6H3. The highest BCUT2D eigenvalue weighted by atomic mass is 127. The molecule has 0 unspecified atom stereocenters. The molecule has 0 aliphatic rings. The third-order valence-corrected chi connectivity index (χ3v) is 19.1. The lowest BCUT2D eigenvalue weighted by atomic mass is 10.1. The normalized spacial score (nSPS) is 12.9. The van der Waals surface area contributed by atoms with Gasteiger partial charge in [0.2, 0.25) is 0 Å². The van der Waals surface area contributed by atoms with E-state index in [1.54, 1.807) is 0 Å². The number of nitrogen functional groups attached to an aromatic ring is 1. The minimum absolute atomic E-state index is 0.221. The lowest BCUT2D eigenvalue weighted by molar-refractivity contribution is 0.275. The van der Waals surface area contributed by atoms with Crippen LogP contribution in [0.25, 0.3) is 0 Å². The van der Waals surface area contributed by atoms with Crippen LogP contribution in [-0.4, -0.2) is 16.6 Å². The van der Waals surface area contributed by atoms with Crippen molar-refractivity contribution in [2.75, 3.05) is 5.73 Å². The molecule has 0 amide bonds. The maximum Gasteiger partial charge on any atom is 0.192 e. The Hall–Kier alpha value is -0.0962. The fourth-order valence-corrected chi connectivity index (χ4v) is 5.53. The largest absolute Gasteiger partial charge is 0.413 e. The molecule has 36 heavy (non-hydrogen) atoms. The molecule has 0 fully saturated rings. The van der Waals surface area contributed by atoms with Gasteiger partial charge >= 0.3 is 0 Å². The van der Waals surface area contributed by atoms with Gasteiger partial charge in [0.15, 0.2) is 16.6 Å². The minimum Gasteiger partial charge on any atom is -0.413 e. The van der Waals surface area contributed by atoms with Crippen molar-refractivity contribution in [1.82, 2.24) is 0 Å². The average molecular weight is 683 g/mol. The Labute approximate surface area is 246 Å². The molecular weight excluding hydrogens is 636 g/mol. The van der Waals surface area contributed by atoms with Gasteiger partial charge in [0.1, 0.15) is 0 Å². The molecule has 3 nitrogen and oxygen atoms in total. The molecule has 0 aromatic heterocycles. The summed E-state index contributed by atoms with van der Waals surface area (Å²) in [6.07, 6.45) is 0. The predicted molar refractivity (Wildman–Crippen MR) is 173 cm³/mol. The van der Waals surface area contributed by atoms with Gasteiger partial charge in [0.05, 0.1) is 28.9 Å². The summed E-state index contributed by atoms with van der Waals surface area (Å²) < 4.78 is 13.6. The lowest BCUT2D eigenvalue weighted by Crippen LogP contribution is -2.40. The van der Waals surface area contributed by atoms with Gasteiger partial charge in [0, 0.05) is 3.57 Å². The quantitative estimate of drug-likeness (QED) is 0.187. The minimum atomic E-state index is -1.72. The van der Waals surface area contributed by atoms with E-state index in [9.17, 15) is 0 Å². The molecule has 0 saturated heterocycles. The summed E-state index contributed by atoms with van der Waals surface area (Å²) in [5, 5.41) is 1.91. The first-order valence-electron chi connectivity index (χ1n) is 12.4. The van der Waals surface area contributed by atoms with E-state index in [4.69, 9.17) is 37.8 Å². The second-order valence-electron chi connectivity index (χ2n) is 12.5. The first-order valence-corrected chi connectivity index (χ1v) is 20.0. The highest BCUT2D eigenvalue weighted by Gasteiger charge is 2.38. The molecule has 0 bridgehead atoms. The second-order valence-corrected chi connectivity index (χ2v) is 24.0. The molecule has 0 radical (unpaired) electrons. The first-order chi connectivity index (χ1) is 16.1. The number of halogens is 3. The molecule has 2 aromatic carbocycles. The lowest BCUT2D eigenvalue weighted by Gasteiger charge is -2.36. The Morgan fingerprint density at radius 1 is 0.722 bits per heavy atom. The zero-order chi connectivity index (χ0) is 28.3. The Morgan fingerprint density at radius 3 is 1.47 bits per heavy atom. The van der Waals surface area contributed by atoms with E-state index in [0.717, 1.165) is 19.7 Å². The van der Waals surface area contributed by atoms with Crippen molar-refractivity contribution in [1.29, 1.82) is 0 Å². The molecule has 2 rings (SSSR count). The Balaban J connectivity index is 0.000000360. The second kappa shape index (κ2) is 12.8. The predicted octanol–water partition coefficient (Wildman–Crippen LogP) is 10.5. The van der Waals surface area contributed by atoms with Gasteiger partial charge in [-0.05, 0) is 107 Å². The smallest absolute Gasteiger partial charge is 0.192 e. The van der Waals surface area contributed by atoms with Gasteiger partial charge in [-0.3, -0.25) is 0 Å². The van der Waals surface area contributed by atoms with E-state index >= 15 is 0 Å². The molecule has 0 aliphatic heterocycles. The molecule has 0 atom stereocenters. The number of hydrogen-bond donors (Lipinski definition) is 1. The molecule has 0 aliphatic carbocycles. The van der Waals surface area contributed by atoms with Crippen molar-refractivity contribution < 1.29 is 8.85 Å². The zero-order valence-corrected chi connectivity index (χ0v) is 29.9. The van der Waals surface area contributed by atoms with Crippen LogP contribution in [0.15, 0.2) is 24.3 Å². The molecule has 2 N–H and O–H groups in total. The summed E-state index contributed by atoms with van der Waals surface area (Å²) in [5.41, 5.74) is 11.2. The molecule has 204 valence electrons. The molecule has 8 heteroatoms. The monoisotopic (exact) mass is 681 g/mol. The van der Waals surface area contributed by atoms with Crippen molar-refractivity contribution in [2.45, 2.75) is 105 Å². The van der Waals surface area contributed by atoms with Crippen LogP contribution in [0, 0.1) is 17.4 Å². The van der Waals surface area contributed by atoms with Crippen molar-refractivity contribution in [2.24, 2.45) is 0 Å². The van der Waals surface area contributed by atoms with Crippen molar-refractivity contribution >= 4 is 68.1 Å². The van der Waals surface area contributed by atoms with Gasteiger partial charge in [-0.2, -0.15) is 0 Å². The number of rotatable bonds is 6. The fraction of sp³-hybridized carbons (Fsp3) is 0.571. The van der Waals surface area contributed by atoms with Gasteiger partial charge in [-0.25, -0.2) is 0 Å². The third kappa shape index (κ3) is 8.99. The molecule has 0 heterocycles. The summed E-state index contributed by atoms with van der Waals surface area (Å²) >= 11 is 14.4. The highest BCUT2D eigenvalue weighted by Crippen LogP contribution is 2.38. The number of hydrogen-bond acceptors (Lipinski definition) is 3. The van der Waals surface area contributed by atoms with Crippen LogP contribution in [0.1, 0.15) is 63.8 Å². The topological polar surface area (TPSA) is 44.5 Å². The Morgan fingerprint density at radius 2 is 1.08 bits per heavy atom. The van der Waals surface area contributed by atoms with Crippen LogP contribution in [-0.2, 0) is 22.1 Å². The van der Waals surface area contributed by atoms with Gasteiger partial charge < -0.3 is 14.6 Å². The van der Waals surface area contributed by atoms with E-state index in [1.165, 1.54) is 11.1 Å². The maximum atomic E-state index is 6.25. The van der Waals surface area contributed by atoms with Crippen molar-refractivity contribution in [3.8, 4) is 0 Å². The van der Waals surface area contributed by atoms with E-state index < -0.39 is 16.6 Å². The molecule has 0 spiro atoms. The van der Waals surface area contributed by atoms with E-state index in [1.807, 2.05) is 25.1 Å². The highest BCUT2D eigenvalue weighted by molar-refractivity contribution is 14.1. The summed E-state index contributed by atoms with van der Waals surface area (Å²) in [7, 11) is -3.39. The maximum absolute atomic E-state index is 6.25. The fourth-order valence-electron chi connectivity index (χ4n) is 2.69. The SMILES string of the molecule is Cc1c(CO[Si](C)(C)C(C)(C)C)ccc(Cl)c1I.Cc1c(CO[Si](C)(C)C(C)(C)C)ccc(Cl)c1N. The number of benzene rings is 2. The van der Waals surface area contributed by atoms with Crippen LogP contribution in [0.3, 0.4) is 0 Å². The number of anilines is 1. The third-order valence-electron chi connectivity index (χ3n) is 7.81. The molecule has 2 aromatic rings. The summed E-state index contributed by atoms with van der Waals surface area (Å²) in [6, 6.07) is 7.88. The summed E-state index contributed by atoms with van der Waals surface area (Å²) in [4.78, 5) is 0. The van der Waals surface area contributed by atoms with Crippen molar-refractivity contribution in [3.05, 3.63) is 60.1 Å². The molecular formula is C28H46Cl2INO2Si2. The van der Waals surface area contributed by atoms with Crippen LogP contribution < -0.4 is 5.73 Å². The first kappa shape index (κ1) is 33.9. The van der Waals surface area contributed by atoms with E-state index in [0.29, 0.717) is 23.9 Å². The Kier molecular flexibility index (Phi) is 12.1. The van der Waals surface area contributed by atoms with Crippen molar-refractivity contribution in [3.63, 3.8) is 0 Å². The van der Waals surface area contributed by atoms with Crippen LogP contribution >= 0.6 is 45.8 Å². The summed E-state index contributed by atoms with van der Waals surface area (Å²) in [5.74, 6) is 0. The van der Waals surface area contributed by atoms with E-state index in [-0.39, 0.29) is 10.1 Å². The molecule has 0 saturated carbocycles. The van der Waals surface area contributed by atoms with Gasteiger partial charge in [-0.15, -0.1) is 0 Å². The summed E-state index contributed by atoms with van der Waals surface area (Å²) in [6.45, 7) is 28.0. The number of nitrogens with two attached hydrogens (primary N) is 1. The van der Waals surface area contributed by atoms with Gasteiger partial charge in [0.25, 0.3) is 0 Å². The van der Waals surface area contributed by atoms with Gasteiger partial charge in [-0.1, -0.05) is 76.9 Å². The zero-order valence-electron chi connectivity index (χ0n) is 24.3.